The van der Waals surface area contributed by atoms with Gasteiger partial charge in [-0.15, -0.1) is 4.40 Å². The number of amidine groups is 1. The second kappa shape index (κ2) is 10.9. The van der Waals surface area contributed by atoms with Crippen molar-refractivity contribution in [2.45, 2.75) is 63.4 Å². The maximum Gasteiger partial charge on any atom is 0.283 e. The molecule has 1 unspecified atom stereocenters. The van der Waals surface area contributed by atoms with Gasteiger partial charge in [0.05, 0.1) is 18.1 Å². The molecule has 2 aliphatic heterocycles. The third kappa shape index (κ3) is 6.77. The summed E-state index contributed by atoms with van der Waals surface area (Å²) in [6.45, 7) is 8.08. The Morgan fingerprint density at radius 1 is 1.28 bits per heavy atom. The summed E-state index contributed by atoms with van der Waals surface area (Å²) in [5.74, 6) is 0.417. The molecule has 32 heavy (non-hydrogen) atoms. The Bertz CT molecular complexity index is 951. The maximum atomic E-state index is 12.9. The highest BCUT2D eigenvalue weighted by Gasteiger charge is 2.25. The Morgan fingerprint density at radius 3 is 2.62 bits per heavy atom. The quantitative estimate of drug-likeness (QED) is 0.449. The zero-order valence-electron chi connectivity index (χ0n) is 19.0. The van der Waals surface area contributed by atoms with Crippen LogP contribution in [0.15, 0.2) is 38.7 Å². The van der Waals surface area contributed by atoms with E-state index < -0.39 is 10.0 Å². The molecular weight excluding hydrogens is 430 g/mol. The van der Waals surface area contributed by atoms with Crippen molar-refractivity contribution in [3.05, 3.63) is 29.8 Å². The topological polar surface area (TPSA) is 112 Å². The van der Waals surface area contributed by atoms with Crippen molar-refractivity contribution in [2.24, 2.45) is 9.50 Å². The van der Waals surface area contributed by atoms with Crippen LogP contribution in [0.2, 0.25) is 0 Å². The Labute approximate surface area is 190 Å². The van der Waals surface area contributed by atoms with E-state index in [1.165, 1.54) is 0 Å². The summed E-state index contributed by atoms with van der Waals surface area (Å²) in [5.41, 5.74) is 4.53. The predicted molar refractivity (Wildman–Crippen MR) is 124 cm³/mol. The van der Waals surface area contributed by atoms with E-state index in [-0.39, 0.29) is 22.9 Å². The number of ether oxygens (including phenoxy) is 1. The van der Waals surface area contributed by atoms with E-state index in [4.69, 9.17) is 4.74 Å². The molecule has 1 amide bonds. The Hall–Kier alpha value is -2.46. The summed E-state index contributed by atoms with van der Waals surface area (Å²) < 4.78 is 35.4. The smallest absolute Gasteiger partial charge is 0.283 e. The molecule has 176 valence electrons. The lowest BCUT2D eigenvalue weighted by atomic mass is 10.0. The van der Waals surface area contributed by atoms with Crippen LogP contribution in [0, 0.1) is 6.92 Å². The summed E-state index contributed by atoms with van der Waals surface area (Å²) in [6, 6.07) is 6.85. The minimum absolute atomic E-state index is 0.0579. The molecule has 1 saturated heterocycles. The van der Waals surface area contributed by atoms with Gasteiger partial charge in [-0.2, -0.15) is 13.5 Å². The molecule has 2 aliphatic rings. The average Bonchev–Trinajstić information content (AvgIpc) is 3.22. The number of carbonyl (C=O) groups excluding carboxylic acids is 1. The van der Waals surface area contributed by atoms with Gasteiger partial charge >= 0.3 is 0 Å². The Morgan fingerprint density at radius 2 is 1.97 bits per heavy atom. The monoisotopic (exact) mass is 463 g/mol. The van der Waals surface area contributed by atoms with E-state index in [1.807, 2.05) is 25.7 Å². The van der Waals surface area contributed by atoms with Crippen molar-refractivity contribution in [1.29, 1.82) is 0 Å². The van der Waals surface area contributed by atoms with Crippen LogP contribution in [0.4, 0.5) is 0 Å². The fourth-order valence-electron chi connectivity index (χ4n) is 3.64. The van der Waals surface area contributed by atoms with Crippen LogP contribution in [0.1, 0.15) is 45.1 Å². The van der Waals surface area contributed by atoms with Gasteiger partial charge in [0.2, 0.25) is 0 Å². The van der Waals surface area contributed by atoms with Gasteiger partial charge in [-0.1, -0.05) is 17.7 Å². The molecule has 1 atom stereocenters. The van der Waals surface area contributed by atoms with Gasteiger partial charge in [0.25, 0.3) is 15.9 Å². The fraction of sp³-hybridized carbons (Fsp3) is 0.591. The van der Waals surface area contributed by atoms with Crippen molar-refractivity contribution in [2.75, 3.05) is 26.3 Å². The largest absolute Gasteiger partial charge is 0.378 e. The van der Waals surface area contributed by atoms with Crippen LogP contribution in [-0.2, 0) is 19.6 Å². The first-order valence-electron chi connectivity index (χ1n) is 11.1. The SMILES string of the molecule is Cc1ccc(S(=O)(=O)/N=C(\CCCC2CC(C(=O)NC(C)C)=NN2)N2CCOCC2)cc1. The predicted octanol–water partition coefficient (Wildman–Crippen LogP) is 1.83. The number of sulfonamides is 1. The van der Waals surface area contributed by atoms with E-state index in [0.717, 1.165) is 18.4 Å². The van der Waals surface area contributed by atoms with Crippen molar-refractivity contribution in [3.63, 3.8) is 0 Å². The van der Waals surface area contributed by atoms with Crippen LogP contribution in [0.5, 0.6) is 0 Å². The van der Waals surface area contributed by atoms with Crippen molar-refractivity contribution in [3.8, 4) is 0 Å². The summed E-state index contributed by atoms with van der Waals surface area (Å²) in [6.07, 6.45) is 2.57. The number of nitrogens with one attached hydrogen (secondary N) is 2. The summed E-state index contributed by atoms with van der Waals surface area (Å²) in [7, 11) is -3.79. The fourth-order valence-corrected chi connectivity index (χ4v) is 4.71. The van der Waals surface area contributed by atoms with Crippen molar-refractivity contribution in [1.82, 2.24) is 15.6 Å². The molecule has 2 N–H and O–H groups in total. The number of amides is 1. The van der Waals surface area contributed by atoms with Crippen LogP contribution in [0.3, 0.4) is 0 Å². The van der Waals surface area contributed by atoms with E-state index >= 15 is 0 Å². The third-order valence-electron chi connectivity index (χ3n) is 5.38. The van der Waals surface area contributed by atoms with E-state index in [2.05, 4.69) is 20.2 Å². The molecule has 9 nitrogen and oxygen atoms in total. The van der Waals surface area contributed by atoms with Crippen LogP contribution < -0.4 is 10.7 Å². The molecule has 1 fully saturated rings. The second-order valence-electron chi connectivity index (χ2n) is 8.50. The lowest BCUT2D eigenvalue weighted by molar-refractivity contribution is -0.115. The van der Waals surface area contributed by atoms with Crippen molar-refractivity contribution >= 4 is 27.5 Å². The number of aryl methyl sites for hydroxylation is 1. The number of carbonyl (C=O) groups is 1. The van der Waals surface area contributed by atoms with Gasteiger partial charge in [0.1, 0.15) is 11.5 Å². The van der Waals surface area contributed by atoms with E-state index in [9.17, 15) is 13.2 Å². The third-order valence-corrected chi connectivity index (χ3v) is 6.70. The molecule has 10 heteroatoms. The zero-order valence-corrected chi connectivity index (χ0v) is 19.8. The zero-order chi connectivity index (χ0) is 23.1. The van der Waals surface area contributed by atoms with E-state index in [1.54, 1.807) is 24.3 Å². The first-order chi connectivity index (χ1) is 15.2. The number of morpholine rings is 1. The molecule has 0 saturated carbocycles. The summed E-state index contributed by atoms with van der Waals surface area (Å²) >= 11 is 0. The maximum absolute atomic E-state index is 12.9. The first kappa shape index (κ1) is 24.2. The van der Waals surface area contributed by atoms with Crippen LogP contribution in [0.25, 0.3) is 0 Å². The molecule has 3 rings (SSSR count). The molecule has 2 heterocycles. The molecule has 0 radical (unpaired) electrons. The lowest BCUT2D eigenvalue weighted by Gasteiger charge is -2.30. The Kier molecular flexibility index (Phi) is 8.25. The molecule has 1 aromatic rings. The second-order valence-corrected chi connectivity index (χ2v) is 10.1. The molecule has 1 aromatic carbocycles. The van der Waals surface area contributed by atoms with Gasteiger partial charge in [-0.05, 0) is 45.7 Å². The highest BCUT2D eigenvalue weighted by molar-refractivity contribution is 7.90. The van der Waals surface area contributed by atoms with Crippen LogP contribution in [-0.4, -0.2) is 69.2 Å². The Balaban J connectivity index is 1.63. The summed E-state index contributed by atoms with van der Waals surface area (Å²) in [5, 5.41) is 7.02. The highest BCUT2D eigenvalue weighted by Crippen LogP contribution is 2.18. The van der Waals surface area contributed by atoms with Gasteiger partial charge in [0.15, 0.2) is 0 Å². The molecule has 0 bridgehead atoms. The number of hydrogen-bond acceptors (Lipinski definition) is 6. The molecular formula is C22H33N5O4S. The minimum Gasteiger partial charge on any atom is -0.378 e. The number of rotatable bonds is 8. The van der Waals surface area contributed by atoms with Crippen LogP contribution >= 0.6 is 0 Å². The standard InChI is InChI=1S/C22H33N5O4S/c1-16(2)23-22(28)20-15-18(24-25-20)5-4-6-21(27-11-13-31-14-12-27)26-32(29,30)19-9-7-17(3)8-10-19/h7-10,16,18,24H,4-6,11-15H2,1-3H3,(H,23,28)/b26-21+. The van der Waals surface area contributed by atoms with Crippen molar-refractivity contribution < 1.29 is 17.9 Å². The number of hydrogen-bond donors (Lipinski definition) is 2. The van der Waals surface area contributed by atoms with Gasteiger partial charge < -0.3 is 20.4 Å². The lowest BCUT2D eigenvalue weighted by Crippen LogP contribution is -2.41. The average molecular weight is 464 g/mol. The molecule has 0 aliphatic carbocycles. The van der Waals surface area contributed by atoms with Gasteiger partial charge in [-0.3, -0.25) is 4.79 Å². The van der Waals surface area contributed by atoms with E-state index in [0.29, 0.717) is 50.7 Å². The molecule has 0 spiro atoms. The number of nitrogens with zero attached hydrogens (tertiary/aromatic N) is 3. The summed E-state index contributed by atoms with van der Waals surface area (Å²) in [4.78, 5) is 14.3. The highest BCUT2D eigenvalue weighted by atomic mass is 32.2. The first-order valence-corrected chi connectivity index (χ1v) is 12.5. The van der Waals surface area contributed by atoms with Gasteiger partial charge in [0, 0.05) is 38.0 Å². The number of benzene rings is 1. The molecule has 0 aromatic heterocycles. The minimum atomic E-state index is -3.79. The van der Waals surface area contributed by atoms with Gasteiger partial charge in [-0.25, -0.2) is 0 Å². The number of hydrazone groups is 1. The normalized spacial score (nSPS) is 19.6.